The van der Waals surface area contributed by atoms with E-state index in [9.17, 15) is 31.2 Å². The summed E-state index contributed by atoms with van der Waals surface area (Å²) in [4.78, 5) is 29.6. The van der Waals surface area contributed by atoms with Crippen LogP contribution in [-0.4, -0.2) is 39.5 Å². The number of nitrogens with zero attached hydrogens (tertiary/aromatic N) is 2. The van der Waals surface area contributed by atoms with E-state index in [-0.39, 0.29) is 26.5 Å². The first kappa shape index (κ1) is 30.2. The number of nitrogens with two attached hydrogens (primary N) is 2. The number of guanidine groups is 1. The Morgan fingerprint density at radius 3 is 2.47 bits per heavy atom. The number of benzene rings is 1. The van der Waals surface area contributed by atoms with Gasteiger partial charge in [-0.2, -0.15) is 13.2 Å². The average Bonchev–Trinajstić information content (AvgIpc) is 2.79. The number of aromatic nitrogens is 1. The highest BCUT2D eigenvalue weighted by Crippen LogP contribution is 2.32. The summed E-state index contributed by atoms with van der Waals surface area (Å²) in [5.41, 5.74) is 7.67. The number of aryl methyl sites for hydroxylation is 1. The van der Waals surface area contributed by atoms with E-state index in [1.807, 2.05) is 4.72 Å². The summed E-state index contributed by atoms with van der Waals surface area (Å²) in [7, 11) is -4.39. The molecule has 16 heteroatoms. The molecular formula is C20H28F4N6O5S. The van der Waals surface area contributed by atoms with Gasteiger partial charge in [-0.3, -0.25) is 19.0 Å². The fraction of sp³-hybridized carbons (Fsp3) is 0.350. The maximum atomic E-state index is 13.2. The van der Waals surface area contributed by atoms with Gasteiger partial charge in [0.2, 0.25) is 21.9 Å². The third-order valence-corrected chi connectivity index (χ3v) is 5.54. The minimum absolute atomic E-state index is 0. The van der Waals surface area contributed by atoms with E-state index >= 15 is 0 Å². The van der Waals surface area contributed by atoms with Crippen LogP contribution in [0, 0.1) is 6.92 Å². The number of carbonyl (C=O) groups excluding carboxylic acids is 1. The highest BCUT2D eigenvalue weighted by molar-refractivity contribution is 7.91. The standard InChI is InChI=1S/C19H23F3N6O5S.CH4.FH/c1-12-6-7-15(17(30)28(12)10-16(29)25-8-9-33-26-18(23)24)27-34(31,32)11-13-4-2-3-5-14(13)19(20,21)22;;/h2-7,27H,8-11H2,1H3,(H,25,29)(H4,23,24,26);1H4;1H/i/hT. The highest BCUT2D eigenvalue weighted by atomic mass is 32.2. The number of hydrogen-bond donors (Lipinski definition) is 4. The highest BCUT2D eigenvalue weighted by Gasteiger charge is 2.34. The van der Waals surface area contributed by atoms with Crippen LogP contribution in [0.5, 0.6) is 0 Å². The number of anilines is 1. The van der Waals surface area contributed by atoms with E-state index in [2.05, 4.69) is 11.9 Å². The number of pyridine rings is 1. The van der Waals surface area contributed by atoms with Crippen LogP contribution in [0.25, 0.3) is 0 Å². The molecule has 0 fully saturated rings. The molecule has 0 saturated heterocycles. The molecular weight excluding hydrogens is 512 g/mol. The summed E-state index contributed by atoms with van der Waals surface area (Å²) in [6.45, 7) is 1.05. The summed E-state index contributed by atoms with van der Waals surface area (Å²) in [6, 6.07) is 6.78. The van der Waals surface area contributed by atoms with Gasteiger partial charge in [-0.05, 0) is 35.8 Å². The SMILES string of the molecule is C.Cc1ccc(NS(=O)(=O)Cc2ccccc2C(F)(F)F)c(=O)n1CC(=O)NCCON=C(N)N.[3H]F. The molecule has 0 saturated carbocycles. The molecule has 202 valence electrons. The molecule has 0 aliphatic heterocycles. The zero-order valence-electron chi connectivity index (χ0n) is 19.3. The summed E-state index contributed by atoms with van der Waals surface area (Å²) < 4.78 is 80.6. The van der Waals surface area contributed by atoms with Gasteiger partial charge in [0.15, 0.2) is 0 Å². The van der Waals surface area contributed by atoms with Gasteiger partial charge in [-0.15, -0.1) is 0 Å². The number of alkyl halides is 3. The minimum Gasteiger partial charge on any atom is -0.391 e. The molecule has 0 spiro atoms. The van der Waals surface area contributed by atoms with Crippen molar-refractivity contribution in [2.45, 2.75) is 32.8 Å². The molecule has 0 atom stereocenters. The normalized spacial score (nSPS) is 11.1. The molecule has 0 bridgehead atoms. The van der Waals surface area contributed by atoms with Crippen molar-refractivity contribution in [2.24, 2.45) is 16.6 Å². The molecule has 1 aromatic heterocycles. The first-order chi connectivity index (χ1) is 16.8. The Kier molecular flexibility index (Phi) is 11.2. The van der Waals surface area contributed by atoms with E-state index in [0.717, 1.165) is 22.8 Å². The first-order valence-electron chi connectivity index (χ1n) is 10.0. The van der Waals surface area contributed by atoms with Crippen LogP contribution in [0.4, 0.5) is 23.6 Å². The number of carbonyl (C=O) groups is 1. The molecule has 1 amide bonds. The van der Waals surface area contributed by atoms with Crippen LogP contribution < -0.4 is 27.1 Å². The van der Waals surface area contributed by atoms with Gasteiger partial charge in [-0.1, -0.05) is 25.6 Å². The first-order valence-corrected chi connectivity index (χ1v) is 11.3. The Balaban J connectivity index is 0.00000421. The predicted octanol–water partition coefficient (Wildman–Crippen LogP) is 1.23. The number of sulfonamides is 1. The summed E-state index contributed by atoms with van der Waals surface area (Å²) in [6.07, 6.45) is -4.75. The van der Waals surface area contributed by atoms with Gasteiger partial charge in [0, 0.05) is 5.69 Å². The van der Waals surface area contributed by atoms with Gasteiger partial charge in [0.25, 0.3) is 7.01 Å². The number of halogens is 4. The Hall–Kier alpha value is -3.82. The maximum Gasteiger partial charge on any atom is 0.416 e. The fourth-order valence-corrected chi connectivity index (χ4v) is 4.06. The zero-order chi connectivity index (χ0) is 27.5. The number of nitrogens with one attached hydrogen (secondary N) is 2. The van der Waals surface area contributed by atoms with Crippen molar-refractivity contribution < 1.29 is 35.9 Å². The van der Waals surface area contributed by atoms with Crippen LogP contribution in [-0.2, 0) is 38.1 Å². The van der Waals surface area contributed by atoms with Crippen molar-refractivity contribution in [1.82, 2.24) is 9.88 Å². The summed E-state index contributed by atoms with van der Waals surface area (Å²) in [5.74, 6) is -1.89. The van der Waals surface area contributed by atoms with Gasteiger partial charge in [0.05, 0.1) is 17.9 Å². The molecule has 2 aromatic rings. The molecule has 0 radical (unpaired) electrons. The maximum absolute atomic E-state index is 13.2. The van der Waals surface area contributed by atoms with E-state index in [1.165, 1.54) is 25.1 Å². The Labute approximate surface area is 206 Å². The van der Waals surface area contributed by atoms with E-state index in [4.69, 9.17) is 21.0 Å². The molecule has 6 N–H and O–H groups in total. The predicted molar refractivity (Wildman–Crippen MR) is 127 cm³/mol. The molecule has 0 aliphatic carbocycles. The lowest BCUT2D eigenvalue weighted by atomic mass is 10.1. The van der Waals surface area contributed by atoms with Crippen molar-refractivity contribution in [3.05, 3.63) is 63.6 Å². The van der Waals surface area contributed by atoms with E-state index in [0.29, 0.717) is 5.69 Å². The van der Waals surface area contributed by atoms with Crippen molar-refractivity contribution in [2.75, 3.05) is 17.9 Å². The van der Waals surface area contributed by atoms with Crippen LogP contribution in [0.2, 0.25) is 0 Å². The van der Waals surface area contributed by atoms with Crippen LogP contribution in [0.15, 0.2) is 46.3 Å². The summed E-state index contributed by atoms with van der Waals surface area (Å²) >= 11 is 0. The second-order valence-corrected chi connectivity index (χ2v) is 8.72. The molecule has 1 aromatic carbocycles. The third-order valence-electron chi connectivity index (χ3n) is 4.31. The largest absolute Gasteiger partial charge is 0.416 e. The third kappa shape index (κ3) is 9.44. The van der Waals surface area contributed by atoms with Crippen molar-refractivity contribution in [3.63, 3.8) is 0 Å². The van der Waals surface area contributed by atoms with Crippen molar-refractivity contribution >= 4 is 27.6 Å². The second-order valence-electron chi connectivity index (χ2n) is 7.00. The van der Waals surface area contributed by atoms with Crippen LogP contribution in [0.3, 0.4) is 0 Å². The van der Waals surface area contributed by atoms with Crippen molar-refractivity contribution in [1.29, 1.82) is 1.45 Å². The number of oxime groups is 1. The topological polar surface area (TPSA) is 171 Å². The van der Waals surface area contributed by atoms with Gasteiger partial charge >= 0.3 is 6.18 Å². The van der Waals surface area contributed by atoms with Crippen LogP contribution in [0.1, 0.15) is 24.2 Å². The van der Waals surface area contributed by atoms with E-state index in [1.54, 1.807) is 0 Å². The monoisotopic (exact) mass is 542 g/mol. The van der Waals surface area contributed by atoms with Gasteiger partial charge < -0.3 is 26.2 Å². The molecule has 0 unspecified atom stereocenters. The smallest absolute Gasteiger partial charge is 0.391 e. The Bertz CT molecular complexity index is 1230. The molecule has 1 heterocycles. The van der Waals surface area contributed by atoms with E-state index < -0.39 is 56.8 Å². The fourth-order valence-electron chi connectivity index (χ4n) is 2.83. The average molecular weight is 543 g/mol. The number of rotatable bonds is 10. The molecule has 11 nitrogen and oxygen atoms in total. The molecule has 0 aliphatic rings. The lowest BCUT2D eigenvalue weighted by Crippen LogP contribution is -2.36. The number of hydrogen-bond acceptors (Lipinski definition) is 6. The lowest BCUT2D eigenvalue weighted by molar-refractivity contribution is -0.138. The minimum atomic E-state index is -4.75. The number of amides is 1. The quantitative estimate of drug-likeness (QED) is 0.115. The summed E-state index contributed by atoms with van der Waals surface area (Å²) in [5, 5.41) is 5.73. The van der Waals surface area contributed by atoms with Crippen molar-refractivity contribution in [3.8, 4) is 0 Å². The van der Waals surface area contributed by atoms with Gasteiger partial charge in [-0.25, -0.2) is 8.42 Å². The van der Waals surface area contributed by atoms with Gasteiger partial charge in [0.1, 0.15) is 18.8 Å². The Morgan fingerprint density at radius 1 is 1.22 bits per heavy atom. The van der Waals surface area contributed by atoms with Crippen LogP contribution >= 0.6 is 0 Å². The molecule has 2 rings (SSSR count). The molecule has 36 heavy (non-hydrogen) atoms. The Morgan fingerprint density at radius 2 is 1.86 bits per heavy atom. The zero-order valence-corrected chi connectivity index (χ0v) is 19.1. The lowest BCUT2D eigenvalue weighted by Gasteiger charge is -2.15. The second kappa shape index (κ2) is 13.3.